The highest BCUT2D eigenvalue weighted by atomic mass is 16.5. The Hall–Kier alpha value is -1.23. The van der Waals surface area contributed by atoms with Crippen LogP contribution < -0.4 is 5.32 Å². The molecule has 0 aliphatic carbocycles. The van der Waals surface area contributed by atoms with Gasteiger partial charge in [0, 0.05) is 6.54 Å². The van der Waals surface area contributed by atoms with Crippen molar-refractivity contribution >= 4 is 6.29 Å². The number of aldehydes is 1. The smallest absolute Gasteiger partial charge is 0.235 e. The maximum absolute atomic E-state index is 10.3. The third kappa shape index (κ3) is 1.75. The Labute approximate surface area is 75.5 Å². The van der Waals surface area contributed by atoms with Crippen molar-refractivity contribution in [1.29, 1.82) is 0 Å². The molecule has 0 spiro atoms. The number of piperidine rings is 1. The van der Waals surface area contributed by atoms with Crippen LogP contribution in [-0.4, -0.2) is 29.5 Å². The van der Waals surface area contributed by atoms with Gasteiger partial charge in [-0.15, -0.1) is 0 Å². The molecule has 70 valence electrons. The van der Waals surface area contributed by atoms with Gasteiger partial charge in [-0.3, -0.25) is 4.79 Å². The zero-order valence-corrected chi connectivity index (χ0v) is 7.19. The lowest BCUT2D eigenvalue weighted by atomic mass is 10.00. The summed E-state index contributed by atoms with van der Waals surface area (Å²) in [6.45, 7) is 1.91. The van der Waals surface area contributed by atoms with E-state index in [9.17, 15) is 4.79 Å². The summed E-state index contributed by atoms with van der Waals surface area (Å²) < 4.78 is 4.96. The lowest BCUT2D eigenvalue weighted by Crippen LogP contribution is -2.28. The molecule has 2 heterocycles. The fraction of sp³-hybridized carbons (Fsp3) is 0.625. The zero-order chi connectivity index (χ0) is 9.10. The normalized spacial score (nSPS) is 22.9. The molecule has 1 aromatic heterocycles. The second-order valence-corrected chi connectivity index (χ2v) is 3.15. The molecular formula is C8H11N3O2. The summed E-state index contributed by atoms with van der Waals surface area (Å²) in [6, 6.07) is 0. The second kappa shape index (κ2) is 3.66. The van der Waals surface area contributed by atoms with Crippen LogP contribution in [0.25, 0.3) is 0 Å². The molecule has 13 heavy (non-hydrogen) atoms. The topological polar surface area (TPSA) is 68.0 Å². The van der Waals surface area contributed by atoms with Gasteiger partial charge in [0.05, 0.1) is 5.92 Å². The molecule has 5 heteroatoms. The van der Waals surface area contributed by atoms with E-state index < -0.39 is 0 Å². The number of nitrogens with zero attached hydrogens (tertiary/aromatic N) is 2. The molecule has 0 radical (unpaired) electrons. The Morgan fingerprint density at radius 3 is 3.15 bits per heavy atom. The maximum Gasteiger partial charge on any atom is 0.235 e. The van der Waals surface area contributed by atoms with E-state index in [4.69, 9.17) is 4.52 Å². The van der Waals surface area contributed by atoms with Crippen molar-refractivity contribution in [2.75, 3.05) is 13.1 Å². The van der Waals surface area contributed by atoms with E-state index in [0.29, 0.717) is 12.2 Å². The minimum atomic E-state index is 0.139. The molecule has 5 nitrogen and oxygen atoms in total. The van der Waals surface area contributed by atoms with Crippen LogP contribution >= 0.6 is 0 Å². The van der Waals surface area contributed by atoms with E-state index >= 15 is 0 Å². The summed E-state index contributed by atoms with van der Waals surface area (Å²) in [6.07, 6.45) is 2.76. The molecule has 1 aromatic rings. The maximum atomic E-state index is 10.3. The Morgan fingerprint density at radius 1 is 1.62 bits per heavy atom. The van der Waals surface area contributed by atoms with Gasteiger partial charge >= 0.3 is 0 Å². The largest absolute Gasteiger partial charge is 0.339 e. The van der Waals surface area contributed by atoms with Crippen molar-refractivity contribution in [3.8, 4) is 0 Å². The van der Waals surface area contributed by atoms with E-state index in [2.05, 4.69) is 15.5 Å². The van der Waals surface area contributed by atoms with E-state index in [1.165, 1.54) is 0 Å². The predicted octanol–water partition coefficient (Wildman–Crippen LogP) is 0.349. The number of hydrogen-bond donors (Lipinski definition) is 1. The summed E-state index contributed by atoms with van der Waals surface area (Å²) in [5.41, 5.74) is 0. The zero-order valence-electron chi connectivity index (χ0n) is 7.19. The van der Waals surface area contributed by atoms with Gasteiger partial charge < -0.3 is 9.84 Å². The highest BCUT2D eigenvalue weighted by Gasteiger charge is 2.20. The summed E-state index contributed by atoms with van der Waals surface area (Å²) >= 11 is 0. The summed E-state index contributed by atoms with van der Waals surface area (Å²) in [5, 5.41) is 6.77. The molecule has 0 saturated carbocycles. The number of aromatic nitrogens is 2. The van der Waals surface area contributed by atoms with Gasteiger partial charge in [0.25, 0.3) is 0 Å². The van der Waals surface area contributed by atoms with Crippen LogP contribution in [0.2, 0.25) is 0 Å². The van der Waals surface area contributed by atoms with Gasteiger partial charge in [0.2, 0.25) is 11.7 Å². The van der Waals surface area contributed by atoms with Gasteiger partial charge in [0.1, 0.15) is 0 Å². The molecule has 1 aliphatic rings. The van der Waals surface area contributed by atoms with Gasteiger partial charge in [-0.25, -0.2) is 0 Å². The first-order valence-electron chi connectivity index (χ1n) is 4.39. The first kappa shape index (κ1) is 8.37. The van der Waals surface area contributed by atoms with Gasteiger partial charge in [0.15, 0.2) is 6.29 Å². The summed E-state index contributed by atoms with van der Waals surface area (Å²) in [4.78, 5) is 14.3. The molecule has 1 fully saturated rings. The molecule has 2 rings (SSSR count). The van der Waals surface area contributed by atoms with Crippen molar-refractivity contribution in [3.05, 3.63) is 11.7 Å². The van der Waals surface area contributed by atoms with Gasteiger partial charge in [-0.05, 0) is 19.4 Å². The van der Waals surface area contributed by atoms with Crippen LogP contribution in [0.3, 0.4) is 0 Å². The van der Waals surface area contributed by atoms with Crippen LogP contribution in [0.1, 0.15) is 35.3 Å². The van der Waals surface area contributed by atoms with E-state index in [1.54, 1.807) is 0 Å². The van der Waals surface area contributed by atoms with Crippen molar-refractivity contribution < 1.29 is 9.32 Å². The molecular weight excluding hydrogens is 170 g/mol. The molecule has 1 aliphatic heterocycles. The second-order valence-electron chi connectivity index (χ2n) is 3.15. The summed E-state index contributed by atoms with van der Waals surface area (Å²) in [5.74, 6) is 0.991. The monoisotopic (exact) mass is 181 g/mol. The number of hydrogen-bond acceptors (Lipinski definition) is 5. The number of rotatable bonds is 2. The van der Waals surface area contributed by atoms with Gasteiger partial charge in [-0.2, -0.15) is 4.98 Å². The average Bonchev–Trinajstić information content (AvgIpc) is 2.67. The lowest BCUT2D eigenvalue weighted by Gasteiger charge is -2.18. The molecule has 0 amide bonds. The third-order valence-corrected chi connectivity index (χ3v) is 2.21. The van der Waals surface area contributed by atoms with Crippen LogP contribution in [0.4, 0.5) is 0 Å². The molecule has 0 aromatic carbocycles. The molecule has 1 atom stereocenters. The van der Waals surface area contributed by atoms with Crippen molar-refractivity contribution in [1.82, 2.24) is 15.5 Å². The number of carbonyl (C=O) groups excluding carboxylic acids is 1. The molecule has 1 saturated heterocycles. The van der Waals surface area contributed by atoms with Crippen molar-refractivity contribution in [2.45, 2.75) is 18.8 Å². The first-order chi connectivity index (χ1) is 6.40. The highest BCUT2D eigenvalue weighted by Crippen LogP contribution is 2.20. The molecule has 1 N–H and O–H groups in total. The minimum Gasteiger partial charge on any atom is -0.339 e. The molecule has 0 bridgehead atoms. The Morgan fingerprint density at radius 2 is 2.54 bits per heavy atom. The van der Waals surface area contributed by atoms with E-state index in [0.717, 1.165) is 25.9 Å². The standard InChI is InChI=1S/C8H11N3O2/c12-5-7-10-8(13-11-7)6-2-1-3-9-4-6/h5-6,9H,1-4H2. The average molecular weight is 181 g/mol. The summed E-state index contributed by atoms with van der Waals surface area (Å²) in [7, 11) is 0. The SMILES string of the molecule is O=Cc1noc(C2CCCNC2)n1. The lowest BCUT2D eigenvalue weighted by molar-refractivity contribution is 0.111. The van der Waals surface area contributed by atoms with E-state index in [-0.39, 0.29) is 11.7 Å². The molecule has 1 unspecified atom stereocenters. The minimum absolute atomic E-state index is 0.139. The Bertz CT molecular complexity index is 291. The predicted molar refractivity (Wildman–Crippen MR) is 44.5 cm³/mol. The van der Waals surface area contributed by atoms with E-state index in [1.807, 2.05) is 0 Å². The first-order valence-corrected chi connectivity index (χ1v) is 4.39. The Kier molecular flexibility index (Phi) is 2.35. The highest BCUT2D eigenvalue weighted by molar-refractivity contribution is 5.68. The third-order valence-electron chi connectivity index (χ3n) is 2.21. The number of nitrogens with one attached hydrogen (secondary N) is 1. The van der Waals surface area contributed by atoms with Crippen molar-refractivity contribution in [2.24, 2.45) is 0 Å². The Balaban J connectivity index is 2.09. The fourth-order valence-corrected chi connectivity index (χ4v) is 1.52. The van der Waals surface area contributed by atoms with Crippen LogP contribution in [0.15, 0.2) is 4.52 Å². The van der Waals surface area contributed by atoms with Crippen LogP contribution in [0, 0.1) is 0 Å². The number of carbonyl (C=O) groups is 1. The fourth-order valence-electron chi connectivity index (χ4n) is 1.52. The quantitative estimate of drug-likeness (QED) is 0.667. The van der Waals surface area contributed by atoms with Crippen LogP contribution in [0.5, 0.6) is 0 Å². The van der Waals surface area contributed by atoms with Gasteiger partial charge in [-0.1, -0.05) is 5.16 Å². The van der Waals surface area contributed by atoms with Crippen LogP contribution in [-0.2, 0) is 0 Å². The van der Waals surface area contributed by atoms with Crippen molar-refractivity contribution in [3.63, 3.8) is 0 Å².